The van der Waals surface area contributed by atoms with Crippen molar-refractivity contribution in [3.8, 4) is 17.0 Å². The third kappa shape index (κ3) is 3.63. The molecule has 0 aliphatic carbocycles. The Morgan fingerprint density at radius 1 is 1.29 bits per heavy atom. The molecule has 3 aromatic heterocycles. The highest BCUT2D eigenvalue weighted by molar-refractivity contribution is 5.99. The summed E-state index contributed by atoms with van der Waals surface area (Å²) in [6, 6.07) is 3.29. The number of ether oxygens (including phenoxy) is 2. The highest BCUT2D eigenvalue weighted by atomic mass is 19.1. The van der Waals surface area contributed by atoms with E-state index in [9.17, 15) is 4.79 Å². The average molecular weight is 476 g/mol. The van der Waals surface area contributed by atoms with Gasteiger partial charge in [0.1, 0.15) is 36.4 Å². The molecular formula is C23H21FN8O3. The van der Waals surface area contributed by atoms with Crippen LogP contribution in [0.5, 0.6) is 5.88 Å². The maximum atomic E-state index is 15.3. The standard InChI is InChI=1S/C23H21FN8O3/c1-11-15(7-28-22-21(11)26-2-3-34-22)14-4-12-5-17(27-8-16(12)20(25)19(14)24)31-23(33)35-13-6-18-29-10-30-32(18)9-13/h4-5,7-8,10,13,26H,2-3,6,9,25H2,1H3,(H,27,31,33). The summed E-state index contributed by atoms with van der Waals surface area (Å²) in [5.74, 6) is 0.949. The first-order valence-electron chi connectivity index (χ1n) is 11.1. The monoisotopic (exact) mass is 476 g/mol. The zero-order valence-electron chi connectivity index (χ0n) is 18.7. The summed E-state index contributed by atoms with van der Waals surface area (Å²) in [6.45, 7) is 3.47. The van der Waals surface area contributed by atoms with Crippen molar-refractivity contribution in [2.75, 3.05) is 29.5 Å². The molecule has 0 saturated heterocycles. The lowest BCUT2D eigenvalue weighted by Gasteiger charge is -2.22. The van der Waals surface area contributed by atoms with E-state index in [1.165, 1.54) is 12.5 Å². The Morgan fingerprint density at radius 3 is 3.03 bits per heavy atom. The van der Waals surface area contributed by atoms with Crippen LogP contribution in [0.15, 0.2) is 30.9 Å². The van der Waals surface area contributed by atoms with Crippen LogP contribution in [-0.2, 0) is 17.7 Å². The zero-order chi connectivity index (χ0) is 24.1. The fourth-order valence-corrected chi connectivity index (χ4v) is 4.48. The van der Waals surface area contributed by atoms with Crippen LogP contribution < -0.4 is 21.1 Å². The summed E-state index contributed by atoms with van der Waals surface area (Å²) >= 11 is 0. The predicted octanol–water partition coefficient (Wildman–Crippen LogP) is 2.90. The van der Waals surface area contributed by atoms with Crippen LogP contribution >= 0.6 is 0 Å². The molecule has 6 rings (SSSR count). The molecule has 0 saturated carbocycles. The third-order valence-electron chi connectivity index (χ3n) is 6.22. The Balaban J connectivity index is 1.29. The number of hydrogen-bond donors (Lipinski definition) is 3. The van der Waals surface area contributed by atoms with E-state index in [-0.39, 0.29) is 17.6 Å². The predicted molar refractivity (Wildman–Crippen MR) is 126 cm³/mol. The van der Waals surface area contributed by atoms with Gasteiger partial charge in [-0.15, -0.1) is 0 Å². The van der Waals surface area contributed by atoms with Gasteiger partial charge in [-0.2, -0.15) is 5.10 Å². The number of nitrogens with one attached hydrogen (secondary N) is 2. The number of nitrogen functional groups attached to an aromatic ring is 1. The van der Waals surface area contributed by atoms with Crippen molar-refractivity contribution in [2.24, 2.45) is 0 Å². The number of nitrogens with zero attached hydrogens (tertiary/aromatic N) is 5. The molecule has 0 fully saturated rings. The molecule has 35 heavy (non-hydrogen) atoms. The van der Waals surface area contributed by atoms with Crippen LogP contribution in [0.4, 0.5) is 26.4 Å². The third-order valence-corrected chi connectivity index (χ3v) is 6.22. The molecule has 0 spiro atoms. The second-order valence-corrected chi connectivity index (χ2v) is 8.41. The highest BCUT2D eigenvalue weighted by Gasteiger charge is 2.26. The van der Waals surface area contributed by atoms with E-state index in [1.54, 1.807) is 23.0 Å². The van der Waals surface area contributed by atoms with Gasteiger partial charge in [0, 0.05) is 41.9 Å². The Morgan fingerprint density at radius 2 is 2.17 bits per heavy atom. The lowest BCUT2D eigenvalue weighted by molar-refractivity contribution is 0.109. The SMILES string of the molecule is Cc1c(-c2cc3cc(NC(=O)OC4Cc5ncnn5C4)ncc3c(N)c2F)cnc2c1NCCO2. The smallest absolute Gasteiger partial charge is 0.413 e. The number of hydrogen-bond acceptors (Lipinski definition) is 9. The number of benzene rings is 1. The lowest BCUT2D eigenvalue weighted by atomic mass is 9.97. The number of nitrogens with two attached hydrogens (primary N) is 1. The summed E-state index contributed by atoms with van der Waals surface area (Å²) in [6.07, 6.45) is 3.95. The molecule has 178 valence electrons. The van der Waals surface area contributed by atoms with Crippen molar-refractivity contribution in [2.45, 2.75) is 26.0 Å². The van der Waals surface area contributed by atoms with Crippen molar-refractivity contribution < 1.29 is 18.7 Å². The Labute approximate surface area is 198 Å². The second kappa shape index (κ2) is 8.08. The number of anilines is 3. The molecule has 1 amide bonds. The van der Waals surface area contributed by atoms with Crippen LogP contribution in [-0.4, -0.2) is 50.1 Å². The number of rotatable bonds is 3. The van der Waals surface area contributed by atoms with E-state index in [2.05, 4.69) is 30.7 Å². The molecule has 5 heterocycles. The second-order valence-electron chi connectivity index (χ2n) is 8.41. The number of carbonyl (C=O) groups excluding carboxylic acids is 1. The summed E-state index contributed by atoms with van der Waals surface area (Å²) in [5.41, 5.74) is 8.52. The molecule has 4 N–H and O–H groups in total. The van der Waals surface area contributed by atoms with Crippen molar-refractivity contribution >= 4 is 34.1 Å². The van der Waals surface area contributed by atoms with Crippen molar-refractivity contribution in [3.63, 3.8) is 0 Å². The van der Waals surface area contributed by atoms with Crippen LogP contribution in [0.3, 0.4) is 0 Å². The molecule has 1 unspecified atom stereocenters. The maximum absolute atomic E-state index is 15.3. The van der Waals surface area contributed by atoms with Gasteiger partial charge in [-0.3, -0.25) is 5.32 Å². The first-order chi connectivity index (χ1) is 17.0. The van der Waals surface area contributed by atoms with E-state index in [1.807, 2.05) is 6.92 Å². The first-order valence-corrected chi connectivity index (χ1v) is 11.1. The Bertz CT molecular complexity index is 1470. The van der Waals surface area contributed by atoms with E-state index in [4.69, 9.17) is 15.2 Å². The first kappa shape index (κ1) is 21.1. The fraction of sp³-hybridized carbons (Fsp3) is 0.261. The number of aromatic nitrogens is 5. The van der Waals surface area contributed by atoms with Crippen LogP contribution in [0.1, 0.15) is 11.4 Å². The number of amides is 1. The van der Waals surface area contributed by atoms with E-state index in [0.29, 0.717) is 53.9 Å². The van der Waals surface area contributed by atoms with Gasteiger partial charge in [0.2, 0.25) is 5.88 Å². The molecule has 1 aromatic carbocycles. The van der Waals surface area contributed by atoms with Gasteiger partial charge in [-0.1, -0.05) is 0 Å². The van der Waals surface area contributed by atoms with E-state index < -0.39 is 11.9 Å². The molecule has 4 aromatic rings. The molecule has 0 radical (unpaired) electrons. The van der Waals surface area contributed by atoms with Gasteiger partial charge in [-0.25, -0.2) is 28.8 Å². The maximum Gasteiger partial charge on any atom is 0.413 e. The number of fused-ring (bicyclic) bond motifs is 3. The van der Waals surface area contributed by atoms with Crippen molar-refractivity contribution in [1.82, 2.24) is 24.7 Å². The van der Waals surface area contributed by atoms with Crippen LogP contribution in [0, 0.1) is 12.7 Å². The molecule has 0 bridgehead atoms. The number of carbonyl (C=O) groups is 1. The van der Waals surface area contributed by atoms with E-state index in [0.717, 1.165) is 17.1 Å². The molecule has 2 aliphatic heterocycles. The molecule has 1 atom stereocenters. The summed E-state index contributed by atoms with van der Waals surface area (Å²) in [7, 11) is 0. The van der Waals surface area contributed by atoms with E-state index >= 15 is 4.39 Å². The van der Waals surface area contributed by atoms with Gasteiger partial charge >= 0.3 is 6.09 Å². The Hall–Kier alpha value is -4.48. The number of pyridine rings is 2. The topological polar surface area (TPSA) is 142 Å². The minimum Gasteiger partial charge on any atom is -0.474 e. The normalized spacial score (nSPS) is 16.2. The summed E-state index contributed by atoms with van der Waals surface area (Å²) in [4.78, 5) is 25.1. The fourth-order valence-electron chi connectivity index (χ4n) is 4.48. The number of halogens is 1. The van der Waals surface area contributed by atoms with Gasteiger partial charge in [0.05, 0.1) is 12.2 Å². The van der Waals surface area contributed by atoms with Crippen LogP contribution in [0.25, 0.3) is 21.9 Å². The summed E-state index contributed by atoms with van der Waals surface area (Å²) in [5, 5.41) is 11.0. The average Bonchev–Trinajstić information content (AvgIpc) is 3.44. The molecule has 2 aliphatic rings. The molecule has 11 nitrogen and oxygen atoms in total. The largest absolute Gasteiger partial charge is 0.474 e. The molecule has 12 heteroatoms. The minimum atomic E-state index is -0.649. The summed E-state index contributed by atoms with van der Waals surface area (Å²) < 4.78 is 28.1. The van der Waals surface area contributed by atoms with Crippen molar-refractivity contribution in [1.29, 1.82) is 0 Å². The van der Waals surface area contributed by atoms with Gasteiger partial charge in [0.25, 0.3) is 0 Å². The van der Waals surface area contributed by atoms with Crippen molar-refractivity contribution in [3.05, 3.63) is 48.1 Å². The lowest BCUT2D eigenvalue weighted by Crippen LogP contribution is -2.24. The van der Waals surface area contributed by atoms with Gasteiger partial charge < -0.3 is 20.5 Å². The quantitative estimate of drug-likeness (QED) is 0.380. The van der Waals surface area contributed by atoms with Crippen LogP contribution in [0.2, 0.25) is 0 Å². The molecular weight excluding hydrogens is 455 g/mol. The van der Waals surface area contributed by atoms with Gasteiger partial charge in [-0.05, 0) is 30.0 Å². The highest BCUT2D eigenvalue weighted by Crippen LogP contribution is 2.39. The Kier molecular flexibility index (Phi) is 4.87. The zero-order valence-corrected chi connectivity index (χ0v) is 18.7. The minimum absolute atomic E-state index is 0.0340. The van der Waals surface area contributed by atoms with Gasteiger partial charge in [0.15, 0.2) is 5.82 Å².